The summed E-state index contributed by atoms with van der Waals surface area (Å²) in [6, 6.07) is 8.39. The zero-order valence-electron chi connectivity index (χ0n) is 12.8. The Labute approximate surface area is 127 Å². The molecule has 1 aromatic rings. The van der Waals surface area contributed by atoms with Gasteiger partial charge in [-0.15, -0.1) is 0 Å². The van der Waals surface area contributed by atoms with Crippen LogP contribution < -0.4 is 11.1 Å². The second-order valence-electron chi connectivity index (χ2n) is 5.83. The molecule has 1 fully saturated rings. The number of hydrogen-bond donors (Lipinski definition) is 2. The second kappa shape index (κ2) is 8.02. The van der Waals surface area contributed by atoms with Crippen molar-refractivity contribution in [2.75, 3.05) is 18.5 Å². The van der Waals surface area contributed by atoms with Crippen molar-refractivity contribution in [1.29, 1.82) is 5.26 Å². The average molecular weight is 287 g/mol. The number of ether oxygens (including phenoxy) is 1. The predicted octanol–water partition coefficient (Wildman–Crippen LogP) is 2.96. The highest BCUT2D eigenvalue weighted by molar-refractivity contribution is 5.51. The van der Waals surface area contributed by atoms with Gasteiger partial charge in [-0.05, 0) is 62.8 Å². The van der Waals surface area contributed by atoms with Gasteiger partial charge >= 0.3 is 0 Å². The maximum atomic E-state index is 8.90. The first-order valence-electron chi connectivity index (χ1n) is 7.81. The van der Waals surface area contributed by atoms with Gasteiger partial charge in [0.1, 0.15) is 0 Å². The van der Waals surface area contributed by atoms with Crippen LogP contribution in [-0.4, -0.2) is 25.3 Å². The van der Waals surface area contributed by atoms with Gasteiger partial charge in [-0.25, -0.2) is 0 Å². The molecule has 0 amide bonds. The summed E-state index contributed by atoms with van der Waals surface area (Å²) in [5.41, 5.74) is 8.70. The van der Waals surface area contributed by atoms with Crippen LogP contribution in [0.2, 0.25) is 0 Å². The van der Waals surface area contributed by atoms with E-state index < -0.39 is 0 Å². The van der Waals surface area contributed by atoms with Gasteiger partial charge in [-0.3, -0.25) is 0 Å². The molecule has 3 N–H and O–H groups in total. The van der Waals surface area contributed by atoms with Gasteiger partial charge in [0.2, 0.25) is 0 Å². The number of benzene rings is 1. The van der Waals surface area contributed by atoms with Crippen LogP contribution >= 0.6 is 0 Å². The maximum absolute atomic E-state index is 8.90. The monoisotopic (exact) mass is 287 g/mol. The molecule has 1 aliphatic carbocycles. The van der Waals surface area contributed by atoms with E-state index in [4.69, 9.17) is 15.7 Å². The van der Waals surface area contributed by atoms with Crippen LogP contribution in [0, 0.1) is 18.3 Å². The summed E-state index contributed by atoms with van der Waals surface area (Å²) in [6.45, 7) is 3.64. The van der Waals surface area contributed by atoms with Crippen molar-refractivity contribution in [1.82, 2.24) is 0 Å². The van der Waals surface area contributed by atoms with Crippen molar-refractivity contribution < 1.29 is 4.74 Å². The van der Waals surface area contributed by atoms with E-state index in [0.717, 1.165) is 62.1 Å². The summed E-state index contributed by atoms with van der Waals surface area (Å²) in [4.78, 5) is 0. The van der Waals surface area contributed by atoms with Crippen LogP contribution in [0.25, 0.3) is 0 Å². The Morgan fingerprint density at radius 1 is 1.33 bits per heavy atom. The van der Waals surface area contributed by atoms with Gasteiger partial charge in [0.15, 0.2) is 0 Å². The lowest BCUT2D eigenvalue weighted by Gasteiger charge is -2.26. The van der Waals surface area contributed by atoms with E-state index in [1.807, 2.05) is 25.1 Å². The van der Waals surface area contributed by atoms with Gasteiger partial charge in [0.25, 0.3) is 0 Å². The number of nitrogens with two attached hydrogens (primary N) is 1. The highest BCUT2D eigenvalue weighted by Crippen LogP contribution is 2.20. The molecule has 0 aromatic heterocycles. The fourth-order valence-corrected chi connectivity index (χ4v) is 2.71. The molecular formula is C17H25N3O. The van der Waals surface area contributed by atoms with Crippen LogP contribution in [0.3, 0.4) is 0 Å². The average Bonchev–Trinajstić information content (AvgIpc) is 2.49. The number of nitrogens with zero attached hydrogens (tertiary/aromatic N) is 1. The molecular weight excluding hydrogens is 262 g/mol. The summed E-state index contributed by atoms with van der Waals surface area (Å²) < 4.78 is 5.89. The zero-order valence-corrected chi connectivity index (χ0v) is 12.8. The Bertz CT molecular complexity index is 487. The summed E-state index contributed by atoms with van der Waals surface area (Å²) in [5, 5.41) is 12.3. The fraction of sp³-hybridized carbons (Fsp3) is 0.588. The Hall–Kier alpha value is -1.57. The van der Waals surface area contributed by atoms with Gasteiger partial charge < -0.3 is 15.8 Å². The Balaban J connectivity index is 1.62. The molecule has 0 unspecified atom stereocenters. The number of hydrogen-bond acceptors (Lipinski definition) is 4. The standard InChI is InChI=1S/C17H25N3O/c1-13-11-16(6-3-14(13)12-18)20-9-2-10-21-17-7-4-15(19)5-8-17/h3,6,11,15,17,20H,2,4-5,7-10,19H2,1H3. The van der Waals surface area contributed by atoms with E-state index >= 15 is 0 Å². The molecule has 1 aliphatic rings. The molecule has 1 saturated carbocycles. The van der Waals surface area contributed by atoms with Crippen molar-refractivity contribution in [3.05, 3.63) is 29.3 Å². The van der Waals surface area contributed by atoms with E-state index in [1.165, 1.54) is 0 Å². The number of nitrogens with one attached hydrogen (secondary N) is 1. The Morgan fingerprint density at radius 3 is 2.76 bits per heavy atom. The van der Waals surface area contributed by atoms with Crippen molar-refractivity contribution >= 4 is 5.69 Å². The van der Waals surface area contributed by atoms with Crippen molar-refractivity contribution in [2.45, 2.75) is 51.2 Å². The Kier molecular flexibility index (Phi) is 6.04. The van der Waals surface area contributed by atoms with Gasteiger partial charge in [-0.1, -0.05) is 0 Å². The SMILES string of the molecule is Cc1cc(NCCCOC2CCC(N)CC2)ccc1C#N. The van der Waals surface area contributed by atoms with Crippen molar-refractivity contribution in [3.63, 3.8) is 0 Å². The summed E-state index contributed by atoms with van der Waals surface area (Å²) in [6.07, 6.45) is 5.77. The minimum Gasteiger partial charge on any atom is -0.385 e. The molecule has 2 rings (SSSR count). The topological polar surface area (TPSA) is 71.1 Å². The molecule has 0 spiro atoms. The maximum Gasteiger partial charge on any atom is 0.0994 e. The predicted molar refractivity (Wildman–Crippen MR) is 85.2 cm³/mol. The lowest BCUT2D eigenvalue weighted by atomic mass is 9.94. The molecule has 0 bridgehead atoms. The second-order valence-corrected chi connectivity index (χ2v) is 5.83. The first-order valence-corrected chi connectivity index (χ1v) is 7.81. The smallest absolute Gasteiger partial charge is 0.0994 e. The number of aryl methyl sites for hydroxylation is 1. The lowest BCUT2D eigenvalue weighted by molar-refractivity contribution is 0.0251. The summed E-state index contributed by atoms with van der Waals surface area (Å²) in [7, 11) is 0. The van der Waals surface area contributed by atoms with E-state index in [0.29, 0.717) is 12.1 Å². The highest BCUT2D eigenvalue weighted by atomic mass is 16.5. The highest BCUT2D eigenvalue weighted by Gasteiger charge is 2.18. The molecule has 0 aliphatic heterocycles. The summed E-state index contributed by atoms with van der Waals surface area (Å²) in [5.74, 6) is 0. The third-order valence-electron chi connectivity index (χ3n) is 4.07. The first kappa shape index (κ1) is 15.8. The largest absolute Gasteiger partial charge is 0.385 e. The minimum absolute atomic E-state index is 0.381. The first-order chi connectivity index (χ1) is 10.2. The van der Waals surface area contributed by atoms with E-state index in [9.17, 15) is 0 Å². The molecule has 0 radical (unpaired) electrons. The van der Waals surface area contributed by atoms with Crippen molar-refractivity contribution in [3.8, 4) is 6.07 Å². The molecule has 4 heteroatoms. The Morgan fingerprint density at radius 2 is 2.10 bits per heavy atom. The van der Waals surface area contributed by atoms with Crippen LogP contribution in [0.4, 0.5) is 5.69 Å². The van der Waals surface area contributed by atoms with Crippen LogP contribution in [0.5, 0.6) is 0 Å². The zero-order chi connectivity index (χ0) is 15.1. The van der Waals surface area contributed by atoms with E-state index in [-0.39, 0.29) is 0 Å². The van der Waals surface area contributed by atoms with E-state index in [2.05, 4.69) is 11.4 Å². The number of anilines is 1. The fourth-order valence-electron chi connectivity index (χ4n) is 2.71. The van der Waals surface area contributed by atoms with Gasteiger partial charge in [0, 0.05) is 24.9 Å². The van der Waals surface area contributed by atoms with E-state index in [1.54, 1.807) is 0 Å². The molecule has 21 heavy (non-hydrogen) atoms. The molecule has 114 valence electrons. The molecule has 0 heterocycles. The molecule has 0 atom stereocenters. The normalized spacial score (nSPS) is 21.8. The summed E-state index contributed by atoms with van der Waals surface area (Å²) >= 11 is 0. The quantitative estimate of drug-likeness (QED) is 0.789. The molecule has 4 nitrogen and oxygen atoms in total. The minimum atomic E-state index is 0.381. The van der Waals surface area contributed by atoms with Gasteiger partial charge in [-0.2, -0.15) is 5.26 Å². The molecule has 0 saturated heterocycles. The van der Waals surface area contributed by atoms with Crippen LogP contribution in [0.15, 0.2) is 18.2 Å². The third-order valence-corrected chi connectivity index (χ3v) is 4.07. The van der Waals surface area contributed by atoms with Crippen LogP contribution in [0.1, 0.15) is 43.2 Å². The van der Waals surface area contributed by atoms with Crippen molar-refractivity contribution in [2.24, 2.45) is 5.73 Å². The number of nitriles is 1. The third kappa shape index (κ3) is 5.04. The molecule has 1 aromatic carbocycles. The van der Waals surface area contributed by atoms with Gasteiger partial charge in [0.05, 0.1) is 17.7 Å². The lowest BCUT2D eigenvalue weighted by Crippen LogP contribution is -2.30. The van der Waals surface area contributed by atoms with Crippen LogP contribution in [-0.2, 0) is 4.74 Å². The number of rotatable bonds is 6.